The first-order chi connectivity index (χ1) is 12.6. The fourth-order valence-electron chi connectivity index (χ4n) is 3.32. The van der Waals surface area contributed by atoms with Crippen molar-refractivity contribution < 1.29 is 14.3 Å². The monoisotopic (exact) mass is 415 g/mol. The molecule has 1 aliphatic rings. The highest BCUT2D eigenvalue weighted by Gasteiger charge is 2.45. The summed E-state index contributed by atoms with van der Waals surface area (Å²) in [5.41, 5.74) is 1.97. The largest absolute Gasteiger partial charge is 0.449 e. The maximum Gasteiger partial charge on any atom is 0.416 e. The molecule has 0 spiro atoms. The average molecular weight is 416 g/mol. The van der Waals surface area contributed by atoms with Crippen molar-refractivity contribution in [3.8, 4) is 0 Å². The van der Waals surface area contributed by atoms with Gasteiger partial charge >= 0.3 is 6.09 Å². The molecule has 136 valence electrons. The van der Waals surface area contributed by atoms with Gasteiger partial charge in [0.15, 0.2) is 0 Å². The van der Waals surface area contributed by atoms with Gasteiger partial charge in [0.1, 0.15) is 0 Å². The first-order valence-corrected chi connectivity index (χ1v) is 9.69. The van der Waals surface area contributed by atoms with Crippen molar-refractivity contribution in [3.05, 3.63) is 70.2 Å². The Bertz CT molecular complexity index is 761. The highest BCUT2D eigenvalue weighted by molar-refractivity contribution is 9.10. The number of hydrogen-bond donors (Lipinski definition) is 0. The van der Waals surface area contributed by atoms with E-state index < -0.39 is 6.09 Å². The molecule has 0 aliphatic carbocycles. The normalized spacial score (nSPS) is 19.6. The van der Waals surface area contributed by atoms with Crippen LogP contribution >= 0.6 is 15.9 Å². The number of carbonyl (C=O) groups is 2. The molecule has 0 radical (unpaired) electrons. The van der Waals surface area contributed by atoms with Crippen molar-refractivity contribution in [1.29, 1.82) is 0 Å². The summed E-state index contributed by atoms with van der Waals surface area (Å²) in [7, 11) is 0. The van der Waals surface area contributed by atoms with E-state index in [0.717, 1.165) is 28.4 Å². The van der Waals surface area contributed by atoms with E-state index in [1.54, 1.807) is 0 Å². The zero-order chi connectivity index (χ0) is 18.5. The molecule has 2 unspecified atom stereocenters. The van der Waals surface area contributed by atoms with Crippen molar-refractivity contribution in [2.24, 2.45) is 0 Å². The van der Waals surface area contributed by atoms with Crippen molar-refractivity contribution in [3.63, 3.8) is 0 Å². The van der Waals surface area contributed by atoms with Crippen LogP contribution in [-0.4, -0.2) is 30.1 Å². The third kappa shape index (κ3) is 3.98. The molecule has 1 heterocycles. The minimum atomic E-state index is -0.538. The Labute approximate surface area is 162 Å². The number of benzene rings is 2. The van der Waals surface area contributed by atoms with E-state index in [9.17, 15) is 9.59 Å². The minimum absolute atomic E-state index is 0.0800. The topological polar surface area (TPSA) is 46.6 Å². The molecule has 2 amide bonds. The van der Waals surface area contributed by atoms with Crippen LogP contribution in [0.1, 0.15) is 42.7 Å². The van der Waals surface area contributed by atoms with Gasteiger partial charge in [0, 0.05) is 16.9 Å². The summed E-state index contributed by atoms with van der Waals surface area (Å²) >= 11 is 3.43. The highest BCUT2D eigenvalue weighted by Crippen LogP contribution is 2.41. The van der Waals surface area contributed by atoms with Crippen LogP contribution in [0.25, 0.3) is 0 Å². The lowest BCUT2D eigenvalue weighted by Crippen LogP contribution is -2.34. The highest BCUT2D eigenvalue weighted by atomic mass is 79.9. The number of nitrogens with zero attached hydrogens (tertiary/aromatic N) is 1. The van der Waals surface area contributed by atoms with Gasteiger partial charge in [-0.25, -0.2) is 9.69 Å². The quantitative estimate of drug-likeness (QED) is 0.638. The lowest BCUT2D eigenvalue weighted by molar-refractivity contribution is -0.127. The summed E-state index contributed by atoms with van der Waals surface area (Å²) in [6, 6.07) is 17.6. The van der Waals surface area contributed by atoms with Crippen LogP contribution in [0.5, 0.6) is 0 Å². The molecule has 5 heteroatoms. The smallest absolute Gasteiger partial charge is 0.416 e. The van der Waals surface area contributed by atoms with Crippen LogP contribution < -0.4 is 0 Å². The Balaban J connectivity index is 1.89. The molecule has 1 aliphatic heterocycles. The Morgan fingerprint density at radius 1 is 1.12 bits per heavy atom. The molecule has 2 atom stereocenters. The molecule has 1 saturated heterocycles. The van der Waals surface area contributed by atoms with E-state index in [0.29, 0.717) is 13.2 Å². The molecule has 3 rings (SSSR count). The first-order valence-electron chi connectivity index (χ1n) is 8.90. The first kappa shape index (κ1) is 18.6. The van der Waals surface area contributed by atoms with Gasteiger partial charge in [-0.2, -0.15) is 0 Å². The SMILES string of the molecule is CCCCOC(=O)N1CC(c2ccccc2)C(c2ccc(Br)cc2)C1=O. The standard InChI is InChI=1S/C21H22BrNO3/c1-2-3-13-26-21(25)23-14-18(15-7-5-4-6-8-15)19(20(23)24)16-9-11-17(22)12-10-16/h4-12,18-19H,2-3,13-14H2,1H3. The number of imide groups is 1. The molecule has 0 saturated carbocycles. The van der Waals surface area contributed by atoms with Gasteiger partial charge in [-0.15, -0.1) is 0 Å². The van der Waals surface area contributed by atoms with Gasteiger partial charge in [0.2, 0.25) is 5.91 Å². The van der Waals surface area contributed by atoms with E-state index in [1.807, 2.05) is 61.5 Å². The van der Waals surface area contributed by atoms with Crippen LogP contribution in [0.4, 0.5) is 4.79 Å². The molecule has 0 aromatic heterocycles. The third-order valence-electron chi connectivity index (χ3n) is 4.71. The molecular formula is C21H22BrNO3. The predicted octanol–water partition coefficient (Wildman–Crippen LogP) is 5.10. The van der Waals surface area contributed by atoms with Crippen LogP contribution in [0.3, 0.4) is 0 Å². The third-order valence-corrected chi connectivity index (χ3v) is 5.24. The number of ether oxygens (including phenoxy) is 1. The Hall–Kier alpha value is -2.14. The number of likely N-dealkylation sites (tertiary alicyclic amines) is 1. The molecule has 0 N–H and O–H groups in total. The Morgan fingerprint density at radius 2 is 1.81 bits per heavy atom. The van der Waals surface area contributed by atoms with Gasteiger partial charge in [0.25, 0.3) is 0 Å². The lowest BCUT2D eigenvalue weighted by atomic mass is 9.84. The van der Waals surface area contributed by atoms with E-state index >= 15 is 0 Å². The zero-order valence-corrected chi connectivity index (χ0v) is 16.3. The van der Waals surface area contributed by atoms with E-state index in [-0.39, 0.29) is 17.7 Å². The number of rotatable bonds is 5. The number of amides is 2. The Morgan fingerprint density at radius 3 is 2.46 bits per heavy atom. The van der Waals surface area contributed by atoms with Crippen LogP contribution in [0.2, 0.25) is 0 Å². The van der Waals surface area contributed by atoms with Crippen molar-refractivity contribution in [1.82, 2.24) is 4.90 Å². The minimum Gasteiger partial charge on any atom is -0.449 e. The van der Waals surface area contributed by atoms with Crippen molar-refractivity contribution >= 4 is 27.9 Å². The average Bonchev–Trinajstić information content (AvgIpc) is 3.01. The number of hydrogen-bond acceptors (Lipinski definition) is 3. The lowest BCUT2D eigenvalue weighted by Gasteiger charge is -2.17. The van der Waals surface area contributed by atoms with Gasteiger partial charge in [-0.05, 0) is 29.7 Å². The molecule has 1 fully saturated rings. The van der Waals surface area contributed by atoms with E-state index in [1.165, 1.54) is 4.90 Å². The Kier molecular flexibility index (Phi) is 6.09. The summed E-state index contributed by atoms with van der Waals surface area (Å²) in [5.74, 6) is -0.657. The fraction of sp³-hybridized carbons (Fsp3) is 0.333. The van der Waals surface area contributed by atoms with Gasteiger partial charge in [-0.1, -0.05) is 71.7 Å². The second kappa shape index (κ2) is 8.49. The molecule has 4 nitrogen and oxygen atoms in total. The van der Waals surface area contributed by atoms with Gasteiger partial charge in [0.05, 0.1) is 12.5 Å². The van der Waals surface area contributed by atoms with Gasteiger partial charge < -0.3 is 4.74 Å². The molecule has 2 aromatic carbocycles. The molecule has 26 heavy (non-hydrogen) atoms. The van der Waals surface area contributed by atoms with Crippen molar-refractivity contribution in [2.45, 2.75) is 31.6 Å². The zero-order valence-electron chi connectivity index (χ0n) is 14.7. The number of unbranched alkanes of at least 4 members (excludes halogenated alkanes) is 1. The maximum atomic E-state index is 13.1. The maximum absolute atomic E-state index is 13.1. The second-order valence-electron chi connectivity index (χ2n) is 6.46. The van der Waals surface area contributed by atoms with Crippen molar-refractivity contribution in [2.75, 3.05) is 13.2 Å². The van der Waals surface area contributed by atoms with Crippen LogP contribution in [0, 0.1) is 0 Å². The van der Waals surface area contributed by atoms with E-state index in [2.05, 4.69) is 15.9 Å². The predicted molar refractivity (Wildman–Crippen MR) is 104 cm³/mol. The summed E-state index contributed by atoms with van der Waals surface area (Å²) in [6.45, 7) is 2.72. The van der Waals surface area contributed by atoms with E-state index in [4.69, 9.17) is 4.74 Å². The number of halogens is 1. The molecule has 2 aromatic rings. The molecular weight excluding hydrogens is 394 g/mol. The summed E-state index contributed by atoms with van der Waals surface area (Å²) < 4.78 is 6.24. The van der Waals surface area contributed by atoms with Crippen LogP contribution in [-0.2, 0) is 9.53 Å². The summed E-state index contributed by atoms with van der Waals surface area (Å²) in [6.07, 6.45) is 1.20. The van der Waals surface area contributed by atoms with Gasteiger partial charge in [-0.3, -0.25) is 4.79 Å². The second-order valence-corrected chi connectivity index (χ2v) is 7.38. The molecule has 0 bridgehead atoms. The fourth-order valence-corrected chi connectivity index (χ4v) is 3.59. The summed E-state index contributed by atoms with van der Waals surface area (Å²) in [4.78, 5) is 26.7. The summed E-state index contributed by atoms with van der Waals surface area (Å²) in [5, 5.41) is 0. The van der Waals surface area contributed by atoms with Crippen LogP contribution in [0.15, 0.2) is 59.1 Å². The number of carbonyl (C=O) groups excluding carboxylic acids is 2.